The SMILES string of the molecule is CC(CCc1ccccc1)CN1CCC[C@H]1C(=O)O. The van der Waals surface area contributed by atoms with Gasteiger partial charge in [0.2, 0.25) is 0 Å². The Balaban J connectivity index is 1.78. The summed E-state index contributed by atoms with van der Waals surface area (Å²) in [6.45, 7) is 4.07. The maximum atomic E-state index is 11.1. The van der Waals surface area contributed by atoms with Crippen LogP contribution in [0.25, 0.3) is 0 Å². The van der Waals surface area contributed by atoms with Crippen LogP contribution in [0.4, 0.5) is 0 Å². The van der Waals surface area contributed by atoms with Crippen LogP contribution < -0.4 is 0 Å². The molecule has 1 heterocycles. The number of hydrogen-bond donors (Lipinski definition) is 1. The Labute approximate surface area is 115 Å². The van der Waals surface area contributed by atoms with Gasteiger partial charge in [0.15, 0.2) is 0 Å². The number of rotatable bonds is 6. The summed E-state index contributed by atoms with van der Waals surface area (Å²) in [7, 11) is 0. The Morgan fingerprint density at radius 1 is 1.42 bits per heavy atom. The highest BCUT2D eigenvalue weighted by Gasteiger charge is 2.30. The lowest BCUT2D eigenvalue weighted by Crippen LogP contribution is -2.38. The Hall–Kier alpha value is -1.35. The van der Waals surface area contributed by atoms with Crippen molar-refractivity contribution in [3.8, 4) is 0 Å². The average Bonchev–Trinajstić information content (AvgIpc) is 2.86. The van der Waals surface area contributed by atoms with Gasteiger partial charge in [0.05, 0.1) is 0 Å². The van der Waals surface area contributed by atoms with Crippen molar-refractivity contribution in [2.45, 2.75) is 38.6 Å². The summed E-state index contributed by atoms with van der Waals surface area (Å²) < 4.78 is 0. The molecular weight excluding hydrogens is 238 g/mol. The normalized spacial score (nSPS) is 21.4. The highest BCUT2D eigenvalue weighted by atomic mass is 16.4. The molecule has 2 atom stereocenters. The molecule has 3 nitrogen and oxygen atoms in total. The number of nitrogens with zero attached hydrogens (tertiary/aromatic N) is 1. The molecule has 104 valence electrons. The maximum Gasteiger partial charge on any atom is 0.320 e. The van der Waals surface area contributed by atoms with Crippen LogP contribution in [0.5, 0.6) is 0 Å². The molecule has 1 aliphatic rings. The zero-order chi connectivity index (χ0) is 13.7. The molecule has 1 fully saturated rings. The zero-order valence-electron chi connectivity index (χ0n) is 11.6. The van der Waals surface area contributed by atoms with Gasteiger partial charge in [-0.15, -0.1) is 0 Å². The minimum atomic E-state index is -0.659. The number of carboxylic acids is 1. The van der Waals surface area contributed by atoms with Crippen LogP contribution >= 0.6 is 0 Å². The molecule has 0 saturated carbocycles. The highest BCUT2D eigenvalue weighted by molar-refractivity contribution is 5.73. The predicted octanol–water partition coefficient (Wildman–Crippen LogP) is 2.80. The minimum absolute atomic E-state index is 0.251. The molecule has 1 aromatic rings. The second-order valence-corrected chi connectivity index (χ2v) is 5.62. The Morgan fingerprint density at radius 3 is 2.84 bits per heavy atom. The standard InChI is InChI=1S/C16H23NO2/c1-13(9-10-14-6-3-2-4-7-14)12-17-11-5-8-15(17)16(18)19/h2-4,6-7,13,15H,5,8-12H2,1H3,(H,18,19)/t13?,15-/m0/s1. The van der Waals surface area contributed by atoms with Crippen LogP contribution in [0.15, 0.2) is 30.3 Å². The van der Waals surface area contributed by atoms with E-state index in [-0.39, 0.29) is 6.04 Å². The first-order valence-corrected chi connectivity index (χ1v) is 7.17. The van der Waals surface area contributed by atoms with E-state index in [2.05, 4.69) is 36.1 Å². The fourth-order valence-electron chi connectivity index (χ4n) is 2.87. The van der Waals surface area contributed by atoms with Gasteiger partial charge >= 0.3 is 5.97 Å². The van der Waals surface area contributed by atoms with Gasteiger partial charge in [-0.25, -0.2) is 0 Å². The van der Waals surface area contributed by atoms with Crippen LogP contribution in [0.2, 0.25) is 0 Å². The largest absolute Gasteiger partial charge is 0.480 e. The lowest BCUT2D eigenvalue weighted by Gasteiger charge is -2.24. The lowest BCUT2D eigenvalue weighted by atomic mass is 10.0. The zero-order valence-corrected chi connectivity index (χ0v) is 11.6. The third kappa shape index (κ3) is 4.06. The number of aliphatic carboxylic acids is 1. The molecule has 1 aliphatic heterocycles. The van der Waals surface area contributed by atoms with Crippen LogP contribution in [0, 0.1) is 5.92 Å². The molecule has 3 heteroatoms. The molecule has 0 amide bonds. The summed E-state index contributed by atoms with van der Waals surface area (Å²) in [6, 6.07) is 10.2. The van der Waals surface area contributed by atoms with Crippen molar-refractivity contribution in [1.29, 1.82) is 0 Å². The van der Waals surface area contributed by atoms with E-state index in [1.165, 1.54) is 5.56 Å². The summed E-state index contributed by atoms with van der Waals surface area (Å²) in [6.07, 6.45) is 4.02. The molecule has 19 heavy (non-hydrogen) atoms. The first-order valence-electron chi connectivity index (χ1n) is 7.17. The van der Waals surface area contributed by atoms with Gasteiger partial charge in [-0.1, -0.05) is 37.3 Å². The monoisotopic (exact) mass is 261 g/mol. The van der Waals surface area contributed by atoms with Gasteiger partial charge in [0.1, 0.15) is 6.04 Å². The molecule has 0 radical (unpaired) electrons. The van der Waals surface area contributed by atoms with E-state index in [1.807, 2.05) is 6.07 Å². The lowest BCUT2D eigenvalue weighted by molar-refractivity contribution is -0.142. The molecule has 0 spiro atoms. The summed E-state index contributed by atoms with van der Waals surface area (Å²) >= 11 is 0. The molecule has 1 saturated heterocycles. The molecule has 1 N–H and O–H groups in total. The van der Waals surface area contributed by atoms with Crippen molar-refractivity contribution in [2.24, 2.45) is 5.92 Å². The third-order valence-electron chi connectivity index (χ3n) is 3.96. The Bertz CT molecular complexity index is 404. The number of likely N-dealkylation sites (tertiary alicyclic amines) is 1. The summed E-state index contributed by atoms with van der Waals surface area (Å²) in [4.78, 5) is 13.3. The number of aryl methyl sites for hydroxylation is 1. The smallest absolute Gasteiger partial charge is 0.320 e. The topological polar surface area (TPSA) is 40.5 Å². The van der Waals surface area contributed by atoms with E-state index in [9.17, 15) is 4.79 Å². The van der Waals surface area contributed by atoms with E-state index < -0.39 is 5.97 Å². The van der Waals surface area contributed by atoms with Gasteiger partial charge in [-0.05, 0) is 43.7 Å². The van der Waals surface area contributed by atoms with Crippen molar-refractivity contribution >= 4 is 5.97 Å². The van der Waals surface area contributed by atoms with E-state index in [4.69, 9.17) is 5.11 Å². The molecule has 0 aromatic heterocycles. The molecule has 1 aromatic carbocycles. The van der Waals surface area contributed by atoms with E-state index in [0.717, 1.165) is 38.8 Å². The van der Waals surface area contributed by atoms with Crippen molar-refractivity contribution in [3.05, 3.63) is 35.9 Å². The van der Waals surface area contributed by atoms with Crippen molar-refractivity contribution < 1.29 is 9.90 Å². The number of benzene rings is 1. The second kappa shape index (κ2) is 6.71. The molecular formula is C16H23NO2. The summed E-state index contributed by atoms with van der Waals surface area (Å²) in [5, 5.41) is 9.16. The van der Waals surface area contributed by atoms with E-state index >= 15 is 0 Å². The van der Waals surface area contributed by atoms with Crippen molar-refractivity contribution in [2.75, 3.05) is 13.1 Å². The Morgan fingerprint density at radius 2 is 2.16 bits per heavy atom. The van der Waals surface area contributed by atoms with Gasteiger partial charge in [-0.3, -0.25) is 9.69 Å². The average molecular weight is 261 g/mol. The van der Waals surface area contributed by atoms with Gasteiger partial charge < -0.3 is 5.11 Å². The second-order valence-electron chi connectivity index (χ2n) is 5.62. The van der Waals surface area contributed by atoms with Crippen LogP contribution in [-0.2, 0) is 11.2 Å². The molecule has 0 aliphatic carbocycles. The van der Waals surface area contributed by atoms with Crippen molar-refractivity contribution in [1.82, 2.24) is 4.90 Å². The maximum absolute atomic E-state index is 11.1. The fourth-order valence-corrected chi connectivity index (χ4v) is 2.87. The van der Waals surface area contributed by atoms with E-state index in [1.54, 1.807) is 0 Å². The van der Waals surface area contributed by atoms with Crippen molar-refractivity contribution in [3.63, 3.8) is 0 Å². The number of hydrogen-bond acceptors (Lipinski definition) is 2. The number of carboxylic acid groups (broad SMARTS) is 1. The molecule has 0 bridgehead atoms. The highest BCUT2D eigenvalue weighted by Crippen LogP contribution is 2.20. The summed E-state index contributed by atoms with van der Waals surface area (Å²) in [5.41, 5.74) is 1.37. The summed E-state index contributed by atoms with van der Waals surface area (Å²) in [5.74, 6) is -0.118. The number of carbonyl (C=O) groups is 1. The molecule has 1 unspecified atom stereocenters. The third-order valence-corrected chi connectivity index (χ3v) is 3.96. The van der Waals surface area contributed by atoms with Crippen LogP contribution in [0.3, 0.4) is 0 Å². The molecule has 2 rings (SSSR count). The Kier molecular flexibility index (Phi) is 4.97. The van der Waals surface area contributed by atoms with E-state index in [0.29, 0.717) is 5.92 Å². The first kappa shape index (κ1) is 14.1. The van der Waals surface area contributed by atoms with Gasteiger partial charge in [0.25, 0.3) is 0 Å². The van der Waals surface area contributed by atoms with Crippen LogP contribution in [0.1, 0.15) is 31.7 Å². The van der Waals surface area contributed by atoms with Gasteiger partial charge in [0, 0.05) is 6.54 Å². The predicted molar refractivity (Wildman–Crippen MR) is 76.2 cm³/mol. The fraction of sp³-hybridized carbons (Fsp3) is 0.562. The van der Waals surface area contributed by atoms with Gasteiger partial charge in [-0.2, -0.15) is 0 Å². The first-order chi connectivity index (χ1) is 9.16. The van der Waals surface area contributed by atoms with Crippen LogP contribution in [-0.4, -0.2) is 35.1 Å². The minimum Gasteiger partial charge on any atom is -0.480 e. The quantitative estimate of drug-likeness (QED) is 0.856.